The molecule has 0 amide bonds. The molecule has 0 radical (unpaired) electrons. The summed E-state index contributed by atoms with van der Waals surface area (Å²) in [5.74, 6) is 7.05. The third-order valence-corrected chi connectivity index (χ3v) is 4.17. The van der Waals surface area contributed by atoms with Crippen molar-refractivity contribution in [1.29, 1.82) is 0 Å². The van der Waals surface area contributed by atoms with Crippen molar-refractivity contribution in [3.63, 3.8) is 0 Å². The summed E-state index contributed by atoms with van der Waals surface area (Å²) in [5.41, 5.74) is 3.45. The van der Waals surface area contributed by atoms with Crippen LogP contribution in [0.25, 0.3) is 0 Å². The zero-order valence-corrected chi connectivity index (χ0v) is 11.7. The summed E-state index contributed by atoms with van der Waals surface area (Å²) >= 11 is 0. The van der Waals surface area contributed by atoms with Crippen LogP contribution in [0.2, 0.25) is 0 Å². The van der Waals surface area contributed by atoms with E-state index in [0.717, 1.165) is 12.8 Å². The van der Waals surface area contributed by atoms with Crippen LogP contribution in [-0.4, -0.2) is 7.11 Å². The van der Waals surface area contributed by atoms with E-state index in [0.29, 0.717) is 23.1 Å². The first-order chi connectivity index (χ1) is 9.15. The number of methoxy groups -OCH3 is 1. The Balaban J connectivity index is 2.21. The standard InChI is InChI=1S/C15H23FN2O/c1-10-4-3-5-11(8-10)15(18-17)13-7-6-12(19-2)9-14(13)16/h6-7,9-11,15,18H,3-5,8,17H2,1-2H3. The van der Waals surface area contributed by atoms with E-state index in [-0.39, 0.29) is 11.9 Å². The third-order valence-electron chi connectivity index (χ3n) is 4.17. The molecule has 4 heteroatoms. The van der Waals surface area contributed by atoms with Crippen LogP contribution in [0, 0.1) is 17.7 Å². The average molecular weight is 266 g/mol. The first kappa shape index (κ1) is 14.3. The normalized spacial score (nSPS) is 25.1. The highest BCUT2D eigenvalue weighted by Gasteiger charge is 2.28. The highest BCUT2D eigenvalue weighted by Crippen LogP contribution is 2.37. The van der Waals surface area contributed by atoms with Gasteiger partial charge in [0.25, 0.3) is 0 Å². The van der Waals surface area contributed by atoms with E-state index in [1.54, 1.807) is 12.1 Å². The molecule has 19 heavy (non-hydrogen) atoms. The Kier molecular flexibility index (Phi) is 4.77. The van der Waals surface area contributed by atoms with Crippen LogP contribution in [0.5, 0.6) is 5.75 Å². The second-order valence-corrected chi connectivity index (χ2v) is 5.56. The van der Waals surface area contributed by atoms with Crippen molar-refractivity contribution in [1.82, 2.24) is 5.43 Å². The van der Waals surface area contributed by atoms with Gasteiger partial charge in [0, 0.05) is 11.6 Å². The van der Waals surface area contributed by atoms with Crippen molar-refractivity contribution in [3.05, 3.63) is 29.6 Å². The largest absolute Gasteiger partial charge is 0.497 e. The number of ether oxygens (including phenoxy) is 1. The smallest absolute Gasteiger partial charge is 0.131 e. The second-order valence-electron chi connectivity index (χ2n) is 5.56. The second kappa shape index (κ2) is 6.35. The lowest BCUT2D eigenvalue weighted by atomic mass is 9.77. The zero-order valence-electron chi connectivity index (χ0n) is 11.7. The van der Waals surface area contributed by atoms with Gasteiger partial charge in [-0.2, -0.15) is 0 Å². The van der Waals surface area contributed by atoms with E-state index < -0.39 is 0 Å². The first-order valence-corrected chi connectivity index (χ1v) is 6.95. The van der Waals surface area contributed by atoms with Gasteiger partial charge in [-0.15, -0.1) is 0 Å². The van der Waals surface area contributed by atoms with Crippen LogP contribution in [0.1, 0.15) is 44.2 Å². The van der Waals surface area contributed by atoms with Gasteiger partial charge in [-0.25, -0.2) is 4.39 Å². The number of hydrogen-bond acceptors (Lipinski definition) is 3. The average Bonchev–Trinajstić information content (AvgIpc) is 2.41. The third kappa shape index (κ3) is 3.25. The number of benzene rings is 1. The molecule has 1 fully saturated rings. The van der Waals surface area contributed by atoms with Crippen molar-refractivity contribution in [2.75, 3.05) is 7.11 Å². The Morgan fingerprint density at radius 1 is 1.42 bits per heavy atom. The Morgan fingerprint density at radius 3 is 2.79 bits per heavy atom. The van der Waals surface area contributed by atoms with Gasteiger partial charge < -0.3 is 4.74 Å². The van der Waals surface area contributed by atoms with Crippen LogP contribution >= 0.6 is 0 Å². The van der Waals surface area contributed by atoms with E-state index in [9.17, 15) is 4.39 Å². The molecule has 0 bridgehead atoms. The molecular formula is C15H23FN2O. The lowest BCUT2D eigenvalue weighted by Gasteiger charge is -2.33. The Hall–Kier alpha value is -1.13. The predicted molar refractivity (Wildman–Crippen MR) is 74.1 cm³/mol. The fourth-order valence-corrected chi connectivity index (χ4v) is 3.15. The SMILES string of the molecule is COc1ccc(C(NN)C2CCCC(C)C2)c(F)c1. The van der Waals surface area contributed by atoms with Gasteiger partial charge in [-0.3, -0.25) is 11.3 Å². The van der Waals surface area contributed by atoms with Gasteiger partial charge in [0.15, 0.2) is 0 Å². The Morgan fingerprint density at radius 2 is 2.21 bits per heavy atom. The zero-order chi connectivity index (χ0) is 13.8. The van der Waals surface area contributed by atoms with Gasteiger partial charge >= 0.3 is 0 Å². The molecule has 0 aromatic heterocycles. The lowest BCUT2D eigenvalue weighted by Crippen LogP contribution is -2.36. The molecule has 3 atom stereocenters. The van der Waals surface area contributed by atoms with E-state index in [2.05, 4.69) is 12.3 Å². The number of hydrazine groups is 1. The molecule has 0 aliphatic heterocycles. The molecule has 1 saturated carbocycles. The molecule has 3 N–H and O–H groups in total. The van der Waals surface area contributed by atoms with Gasteiger partial charge in [0.05, 0.1) is 13.2 Å². The highest BCUT2D eigenvalue weighted by molar-refractivity contribution is 5.31. The number of nitrogens with one attached hydrogen (secondary N) is 1. The minimum absolute atomic E-state index is 0.117. The van der Waals surface area contributed by atoms with Crippen LogP contribution in [-0.2, 0) is 0 Å². The van der Waals surface area contributed by atoms with Crippen molar-refractivity contribution < 1.29 is 9.13 Å². The fourth-order valence-electron chi connectivity index (χ4n) is 3.15. The number of halogens is 1. The molecule has 0 spiro atoms. The molecular weight excluding hydrogens is 243 g/mol. The molecule has 1 aromatic rings. The van der Waals surface area contributed by atoms with Crippen LogP contribution in [0.4, 0.5) is 4.39 Å². The molecule has 3 unspecified atom stereocenters. The molecule has 0 saturated heterocycles. The summed E-state index contributed by atoms with van der Waals surface area (Å²) in [6, 6.07) is 4.87. The first-order valence-electron chi connectivity index (χ1n) is 6.95. The number of rotatable bonds is 4. The summed E-state index contributed by atoms with van der Waals surface area (Å²) in [5, 5.41) is 0. The Labute approximate surface area is 114 Å². The summed E-state index contributed by atoms with van der Waals surface area (Å²) in [6.07, 6.45) is 4.66. The predicted octanol–water partition coefficient (Wildman–Crippen LogP) is 3.17. The maximum Gasteiger partial charge on any atom is 0.131 e. The van der Waals surface area contributed by atoms with Crippen LogP contribution < -0.4 is 16.0 Å². The van der Waals surface area contributed by atoms with Gasteiger partial charge in [0.2, 0.25) is 0 Å². The van der Waals surface area contributed by atoms with Gasteiger partial charge in [-0.1, -0.05) is 25.8 Å². The van der Waals surface area contributed by atoms with Crippen molar-refractivity contribution in [2.45, 2.75) is 38.6 Å². The molecule has 1 aliphatic rings. The summed E-state index contributed by atoms with van der Waals surface area (Å²) < 4.78 is 19.2. The van der Waals surface area contributed by atoms with Crippen LogP contribution in [0.3, 0.4) is 0 Å². The van der Waals surface area contributed by atoms with Gasteiger partial charge in [-0.05, 0) is 30.7 Å². The van der Waals surface area contributed by atoms with Crippen molar-refractivity contribution in [2.24, 2.45) is 17.7 Å². The summed E-state index contributed by atoms with van der Waals surface area (Å²) in [6.45, 7) is 2.25. The van der Waals surface area contributed by atoms with Crippen LogP contribution in [0.15, 0.2) is 18.2 Å². The molecule has 0 heterocycles. The minimum atomic E-state index is -0.250. The Bertz CT molecular complexity index is 425. The summed E-state index contributed by atoms with van der Waals surface area (Å²) in [4.78, 5) is 0. The molecule has 1 aromatic carbocycles. The summed E-state index contributed by atoms with van der Waals surface area (Å²) in [7, 11) is 1.54. The number of hydrogen-bond donors (Lipinski definition) is 2. The molecule has 106 valence electrons. The van der Waals surface area contributed by atoms with E-state index in [1.165, 1.54) is 26.0 Å². The van der Waals surface area contributed by atoms with Gasteiger partial charge in [0.1, 0.15) is 11.6 Å². The van der Waals surface area contributed by atoms with Crippen molar-refractivity contribution in [3.8, 4) is 5.75 Å². The molecule has 3 nitrogen and oxygen atoms in total. The van der Waals surface area contributed by atoms with E-state index >= 15 is 0 Å². The number of nitrogens with two attached hydrogens (primary N) is 1. The molecule has 2 rings (SSSR count). The topological polar surface area (TPSA) is 47.3 Å². The highest BCUT2D eigenvalue weighted by atomic mass is 19.1. The maximum absolute atomic E-state index is 14.2. The quantitative estimate of drug-likeness (QED) is 0.650. The van der Waals surface area contributed by atoms with Crippen molar-refractivity contribution >= 4 is 0 Å². The minimum Gasteiger partial charge on any atom is -0.497 e. The fraction of sp³-hybridized carbons (Fsp3) is 0.600. The maximum atomic E-state index is 14.2. The monoisotopic (exact) mass is 266 g/mol. The lowest BCUT2D eigenvalue weighted by molar-refractivity contribution is 0.221. The van der Waals surface area contributed by atoms with E-state index in [4.69, 9.17) is 10.6 Å². The van der Waals surface area contributed by atoms with E-state index in [1.807, 2.05) is 0 Å². The molecule has 1 aliphatic carbocycles.